The van der Waals surface area contributed by atoms with Gasteiger partial charge in [0.05, 0.1) is 17.8 Å². The van der Waals surface area contributed by atoms with Crippen molar-refractivity contribution in [1.29, 1.82) is 0 Å². The average molecular weight is 360 g/mol. The van der Waals surface area contributed by atoms with Gasteiger partial charge in [-0.2, -0.15) is 9.78 Å². The van der Waals surface area contributed by atoms with Gasteiger partial charge in [-0.15, -0.1) is 0 Å². The maximum atomic E-state index is 6.35. The highest BCUT2D eigenvalue weighted by Crippen LogP contribution is 2.44. The standard InChI is InChI=1S/C16H14ClN5O3/c1-8-12(9-5-10(17)13-11(6-9)24-7-25-13)14(18)22(21-8)15-16(23-2)20-4-3-19-15/h3-6H,7,18H2,1-2H3. The van der Waals surface area contributed by atoms with Crippen LogP contribution in [-0.2, 0) is 0 Å². The molecule has 0 aliphatic carbocycles. The van der Waals surface area contributed by atoms with Crippen molar-refractivity contribution in [2.75, 3.05) is 19.6 Å². The van der Waals surface area contributed by atoms with Crippen LogP contribution in [0.3, 0.4) is 0 Å². The number of aromatic nitrogens is 4. The number of rotatable bonds is 3. The third-order valence-electron chi connectivity index (χ3n) is 3.85. The summed E-state index contributed by atoms with van der Waals surface area (Å²) >= 11 is 6.29. The maximum Gasteiger partial charge on any atom is 0.259 e. The van der Waals surface area contributed by atoms with Crippen LogP contribution in [0.1, 0.15) is 5.69 Å². The predicted octanol–water partition coefficient (Wildman–Crippen LogP) is 2.61. The number of nitrogens with zero attached hydrogens (tertiary/aromatic N) is 4. The summed E-state index contributed by atoms with van der Waals surface area (Å²) in [6.45, 7) is 1.99. The van der Waals surface area contributed by atoms with Crippen molar-refractivity contribution in [3.05, 3.63) is 35.2 Å². The fourth-order valence-corrected chi connectivity index (χ4v) is 3.05. The zero-order chi connectivity index (χ0) is 17.6. The molecule has 1 aliphatic rings. The van der Waals surface area contributed by atoms with E-state index in [1.807, 2.05) is 13.0 Å². The number of fused-ring (bicyclic) bond motifs is 1. The second-order valence-corrected chi connectivity index (χ2v) is 5.75. The van der Waals surface area contributed by atoms with Crippen LogP contribution in [0.5, 0.6) is 17.4 Å². The predicted molar refractivity (Wildman–Crippen MR) is 91.4 cm³/mol. The molecule has 3 aromatic rings. The lowest BCUT2D eigenvalue weighted by Crippen LogP contribution is -2.07. The van der Waals surface area contributed by atoms with E-state index in [-0.39, 0.29) is 6.79 Å². The molecule has 2 N–H and O–H groups in total. The second kappa shape index (κ2) is 5.82. The minimum atomic E-state index is 0.142. The van der Waals surface area contributed by atoms with E-state index in [0.29, 0.717) is 39.7 Å². The monoisotopic (exact) mass is 359 g/mol. The smallest absolute Gasteiger partial charge is 0.259 e. The van der Waals surface area contributed by atoms with Crippen molar-refractivity contribution in [1.82, 2.24) is 19.7 Å². The van der Waals surface area contributed by atoms with Gasteiger partial charge >= 0.3 is 0 Å². The normalized spacial score (nSPS) is 12.4. The Bertz CT molecular complexity index is 973. The highest BCUT2D eigenvalue weighted by molar-refractivity contribution is 6.32. The molecule has 0 radical (unpaired) electrons. The summed E-state index contributed by atoms with van der Waals surface area (Å²) in [4.78, 5) is 8.40. The third kappa shape index (κ3) is 2.42. The van der Waals surface area contributed by atoms with Crippen LogP contribution in [-0.4, -0.2) is 33.7 Å². The van der Waals surface area contributed by atoms with Crippen LogP contribution < -0.4 is 19.9 Å². The zero-order valence-electron chi connectivity index (χ0n) is 13.5. The number of hydrogen-bond acceptors (Lipinski definition) is 7. The molecule has 1 aliphatic heterocycles. The molecule has 0 unspecified atom stereocenters. The van der Waals surface area contributed by atoms with Crippen molar-refractivity contribution < 1.29 is 14.2 Å². The summed E-state index contributed by atoms with van der Waals surface area (Å²) in [6.07, 6.45) is 3.08. The molecule has 9 heteroatoms. The van der Waals surface area contributed by atoms with E-state index in [4.69, 9.17) is 31.5 Å². The fraction of sp³-hybridized carbons (Fsp3) is 0.188. The molecule has 128 valence electrons. The number of methoxy groups -OCH3 is 1. The quantitative estimate of drug-likeness (QED) is 0.767. The molecule has 0 amide bonds. The molecular formula is C16H14ClN5O3. The Morgan fingerprint density at radius 2 is 2.04 bits per heavy atom. The lowest BCUT2D eigenvalue weighted by molar-refractivity contribution is 0.174. The Kier molecular flexibility index (Phi) is 3.61. The van der Waals surface area contributed by atoms with E-state index in [9.17, 15) is 0 Å². The first-order valence-electron chi connectivity index (χ1n) is 7.40. The SMILES string of the molecule is COc1nccnc1-n1nc(C)c(-c2cc(Cl)c3c(c2)OCO3)c1N. The number of nitrogens with two attached hydrogens (primary N) is 1. The minimum absolute atomic E-state index is 0.142. The van der Waals surface area contributed by atoms with Gasteiger partial charge in [-0.1, -0.05) is 11.6 Å². The van der Waals surface area contributed by atoms with E-state index in [0.717, 1.165) is 11.1 Å². The molecular weight excluding hydrogens is 346 g/mol. The molecule has 0 bridgehead atoms. The van der Waals surface area contributed by atoms with Gasteiger partial charge in [0.25, 0.3) is 5.88 Å². The Hall–Kier alpha value is -3.00. The largest absolute Gasteiger partial charge is 0.478 e. The van der Waals surface area contributed by atoms with Gasteiger partial charge in [0, 0.05) is 18.0 Å². The van der Waals surface area contributed by atoms with Gasteiger partial charge in [0.15, 0.2) is 11.5 Å². The van der Waals surface area contributed by atoms with Crippen molar-refractivity contribution >= 4 is 17.4 Å². The first kappa shape index (κ1) is 15.5. The molecule has 2 aromatic heterocycles. The average Bonchev–Trinajstić information content (AvgIpc) is 3.19. The third-order valence-corrected chi connectivity index (χ3v) is 4.13. The maximum absolute atomic E-state index is 6.35. The Balaban J connectivity index is 1.88. The van der Waals surface area contributed by atoms with Gasteiger partial charge in [0.2, 0.25) is 12.6 Å². The lowest BCUT2D eigenvalue weighted by atomic mass is 10.1. The van der Waals surface area contributed by atoms with Gasteiger partial charge in [0.1, 0.15) is 5.82 Å². The molecule has 0 saturated carbocycles. The number of halogens is 1. The zero-order valence-corrected chi connectivity index (χ0v) is 14.2. The number of aryl methyl sites for hydroxylation is 1. The Morgan fingerprint density at radius 3 is 2.84 bits per heavy atom. The van der Waals surface area contributed by atoms with E-state index in [1.54, 1.807) is 12.3 Å². The topological polar surface area (TPSA) is 97.3 Å². The van der Waals surface area contributed by atoms with E-state index >= 15 is 0 Å². The first-order chi connectivity index (χ1) is 12.1. The molecule has 0 spiro atoms. The molecule has 4 rings (SSSR count). The molecule has 1 aromatic carbocycles. The molecule has 25 heavy (non-hydrogen) atoms. The van der Waals surface area contributed by atoms with Crippen LogP contribution in [0, 0.1) is 6.92 Å². The molecule has 0 saturated heterocycles. The van der Waals surface area contributed by atoms with Crippen LogP contribution in [0.25, 0.3) is 16.9 Å². The summed E-state index contributed by atoms with van der Waals surface area (Å²) in [6, 6.07) is 3.60. The van der Waals surface area contributed by atoms with Crippen LogP contribution in [0.4, 0.5) is 5.82 Å². The van der Waals surface area contributed by atoms with Gasteiger partial charge in [-0.25, -0.2) is 9.97 Å². The number of hydrogen-bond donors (Lipinski definition) is 1. The van der Waals surface area contributed by atoms with Crippen molar-refractivity contribution in [3.8, 4) is 34.3 Å². The Labute approximate surface area is 148 Å². The first-order valence-corrected chi connectivity index (χ1v) is 7.78. The highest BCUT2D eigenvalue weighted by Gasteiger charge is 2.24. The summed E-state index contributed by atoms with van der Waals surface area (Å²) in [5.74, 6) is 2.23. The number of benzene rings is 1. The van der Waals surface area contributed by atoms with E-state index in [2.05, 4.69) is 15.1 Å². The fourth-order valence-electron chi connectivity index (χ4n) is 2.78. The summed E-state index contributed by atoms with van der Waals surface area (Å²) in [5, 5.41) is 4.94. The highest BCUT2D eigenvalue weighted by atomic mass is 35.5. The van der Waals surface area contributed by atoms with Crippen molar-refractivity contribution in [2.45, 2.75) is 6.92 Å². The van der Waals surface area contributed by atoms with Crippen LogP contribution >= 0.6 is 11.6 Å². The number of ether oxygens (including phenoxy) is 3. The van der Waals surface area contributed by atoms with Crippen LogP contribution in [0.15, 0.2) is 24.5 Å². The summed E-state index contributed by atoms with van der Waals surface area (Å²) in [5.41, 5.74) is 8.56. The van der Waals surface area contributed by atoms with Gasteiger partial charge in [-0.05, 0) is 24.6 Å². The molecule has 8 nitrogen and oxygen atoms in total. The molecule has 0 fully saturated rings. The van der Waals surface area contributed by atoms with Gasteiger partial charge < -0.3 is 19.9 Å². The Morgan fingerprint density at radius 1 is 1.24 bits per heavy atom. The molecule has 0 atom stereocenters. The molecule has 3 heterocycles. The lowest BCUT2D eigenvalue weighted by Gasteiger charge is -2.08. The van der Waals surface area contributed by atoms with Crippen LogP contribution in [0.2, 0.25) is 5.02 Å². The summed E-state index contributed by atoms with van der Waals surface area (Å²) < 4.78 is 17.5. The van der Waals surface area contributed by atoms with E-state index in [1.165, 1.54) is 18.0 Å². The minimum Gasteiger partial charge on any atom is -0.478 e. The van der Waals surface area contributed by atoms with E-state index < -0.39 is 0 Å². The number of nitrogen functional groups attached to an aromatic ring is 1. The van der Waals surface area contributed by atoms with Crippen molar-refractivity contribution in [3.63, 3.8) is 0 Å². The summed E-state index contributed by atoms with van der Waals surface area (Å²) in [7, 11) is 1.51. The van der Waals surface area contributed by atoms with Gasteiger partial charge in [-0.3, -0.25) is 0 Å². The number of anilines is 1. The van der Waals surface area contributed by atoms with Crippen molar-refractivity contribution in [2.24, 2.45) is 0 Å². The second-order valence-electron chi connectivity index (χ2n) is 5.34.